The molecular weight excluding hydrogens is 410 g/mol. The fourth-order valence-corrected chi connectivity index (χ4v) is 3.82. The number of ketones is 1. The highest BCUT2D eigenvalue weighted by Gasteiger charge is 2.15. The molecule has 0 bridgehead atoms. The standard InChI is InChI=1S/C27H27N5O/c1-17(2)32-27-25(26(28)29-16-30-27)24(31-32)11-10-22-13-21(9-8-19(22)4)15-23(33)14-20-7-5-6-18(3)12-20/h5-9,12-13,16-17H,14-15H2,1-4H3,(H2,28,29,30). The first-order chi connectivity index (χ1) is 15.8. The summed E-state index contributed by atoms with van der Waals surface area (Å²) in [5.74, 6) is 6.92. The van der Waals surface area contributed by atoms with Crippen LogP contribution in [0.5, 0.6) is 0 Å². The summed E-state index contributed by atoms with van der Waals surface area (Å²) in [5.41, 5.74) is 12.4. The molecule has 0 fully saturated rings. The molecule has 6 nitrogen and oxygen atoms in total. The number of carbonyl (C=O) groups is 1. The van der Waals surface area contributed by atoms with Gasteiger partial charge in [-0.25, -0.2) is 14.6 Å². The SMILES string of the molecule is Cc1cccc(CC(=O)Cc2ccc(C)c(C#Cc3nn(C(C)C)c4ncnc(N)c34)c2)c1. The van der Waals surface area contributed by atoms with Crippen molar-refractivity contribution in [3.63, 3.8) is 0 Å². The molecule has 2 N–H and O–H groups in total. The van der Waals surface area contributed by atoms with Gasteiger partial charge in [-0.1, -0.05) is 47.9 Å². The summed E-state index contributed by atoms with van der Waals surface area (Å²) in [6, 6.07) is 14.2. The highest BCUT2D eigenvalue weighted by molar-refractivity contribution is 5.90. The quantitative estimate of drug-likeness (QED) is 0.469. The Balaban J connectivity index is 1.61. The van der Waals surface area contributed by atoms with E-state index >= 15 is 0 Å². The summed E-state index contributed by atoms with van der Waals surface area (Å²) >= 11 is 0. The van der Waals surface area contributed by atoms with E-state index in [9.17, 15) is 4.79 Å². The van der Waals surface area contributed by atoms with Crippen LogP contribution in [0.2, 0.25) is 0 Å². The van der Waals surface area contributed by atoms with E-state index in [1.807, 2.05) is 68.8 Å². The third kappa shape index (κ3) is 4.93. The summed E-state index contributed by atoms with van der Waals surface area (Å²) in [7, 11) is 0. The molecule has 2 heterocycles. The first-order valence-corrected chi connectivity index (χ1v) is 11.0. The highest BCUT2D eigenvalue weighted by atomic mass is 16.1. The van der Waals surface area contributed by atoms with E-state index in [4.69, 9.17) is 5.73 Å². The lowest BCUT2D eigenvalue weighted by molar-refractivity contribution is -0.117. The maximum absolute atomic E-state index is 12.6. The zero-order valence-corrected chi connectivity index (χ0v) is 19.4. The van der Waals surface area contributed by atoms with Gasteiger partial charge in [-0.15, -0.1) is 0 Å². The van der Waals surface area contributed by atoms with Gasteiger partial charge >= 0.3 is 0 Å². The number of rotatable bonds is 5. The van der Waals surface area contributed by atoms with Crippen LogP contribution in [0, 0.1) is 25.7 Å². The van der Waals surface area contributed by atoms with Gasteiger partial charge in [0, 0.05) is 24.4 Å². The third-order valence-electron chi connectivity index (χ3n) is 5.51. The zero-order valence-electron chi connectivity index (χ0n) is 19.4. The molecule has 166 valence electrons. The second-order valence-corrected chi connectivity index (χ2v) is 8.62. The van der Waals surface area contributed by atoms with Crippen molar-refractivity contribution in [2.75, 3.05) is 5.73 Å². The summed E-state index contributed by atoms with van der Waals surface area (Å²) in [5, 5.41) is 5.29. The number of anilines is 1. The second-order valence-electron chi connectivity index (χ2n) is 8.62. The van der Waals surface area contributed by atoms with Crippen LogP contribution in [0.25, 0.3) is 11.0 Å². The van der Waals surface area contributed by atoms with Crippen molar-refractivity contribution in [3.05, 3.63) is 82.3 Å². The average molecular weight is 438 g/mol. The number of fused-ring (bicyclic) bond motifs is 1. The summed E-state index contributed by atoms with van der Waals surface area (Å²) in [6.45, 7) is 8.10. The Hall–Kier alpha value is -3.98. The Morgan fingerprint density at radius 1 is 1.03 bits per heavy atom. The molecule has 0 unspecified atom stereocenters. The Bertz CT molecular complexity index is 1410. The number of aromatic nitrogens is 4. The number of nitrogens with two attached hydrogens (primary N) is 1. The molecule has 2 aromatic heterocycles. The van der Waals surface area contributed by atoms with Crippen LogP contribution in [0.15, 0.2) is 48.8 Å². The van der Waals surface area contributed by atoms with Crippen LogP contribution in [-0.2, 0) is 17.6 Å². The smallest absolute Gasteiger partial charge is 0.164 e. The van der Waals surface area contributed by atoms with E-state index in [2.05, 4.69) is 33.0 Å². The molecule has 4 aromatic rings. The normalized spacial score (nSPS) is 10.9. The van der Waals surface area contributed by atoms with Crippen molar-refractivity contribution in [2.45, 2.75) is 46.6 Å². The van der Waals surface area contributed by atoms with Crippen molar-refractivity contribution in [1.82, 2.24) is 19.7 Å². The molecule has 0 spiro atoms. The third-order valence-corrected chi connectivity index (χ3v) is 5.51. The van der Waals surface area contributed by atoms with Crippen LogP contribution in [0.4, 0.5) is 5.82 Å². The molecule has 2 aromatic carbocycles. The second kappa shape index (κ2) is 9.25. The van der Waals surface area contributed by atoms with E-state index < -0.39 is 0 Å². The van der Waals surface area contributed by atoms with Crippen molar-refractivity contribution < 1.29 is 4.79 Å². The maximum atomic E-state index is 12.6. The number of nitrogens with zero attached hydrogens (tertiary/aromatic N) is 4. The van der Waals surface area contributed by atoms with Crippen molar-refractivity contribution >= 4 is 22.6 Å². The summed E-state index contributed by atoms with van der Waals surface area (Å²) in [4.78, 5) is 21.1. The molecular formula is C27H27N5O. The number of aryl methyl sites for hydroxylation is 2. The van der Waals surface area contributed by atoms with Crippen LogP contribution in [0.1, 0.15) is 53.4 Å². The fourth-order valence-electron chi connectivity index (χ4n) is 3.82. The Labute approximate surface area is 193 Å². The molecule has 0 saturated heterocycles. The van der Waals surface area contributed by atoms with Gasteiger partial charge in [0.15, 0.2) is 5.65 Å². The lowest BCUT2D eigenvalue weighted by Gasteiger charge is -2.05. The minimum atomic E-state index is 0.113. The molecule has 0 aliphatic carbocycles. The average Bonchev–Trinajstić information content (AvgIpc) is 3.14. The molecule has 0 atom stereocenters. The van der Waals surface area contributed by atoms with Crippen molar-refractivity contribution in [3.8, 4) is 11.8 Å². The van der Waals surface area contributed by atoms with Gasteiger partial charge in [0.05, 0.1) is 5.39 Å². The predicted octanol–water partition coefficient (Wildman–Crippen LogP) is 4.36. The molecule has 4 rings (SSSR count). The highest BCUT2D eigenvalue weighted by Crippen LogP contribution is 2.23. The van der Waals surface area contributed by atoms with Crippen LogP contribution in [-0.4, -0.2) is 25.5 Å². The molecule has 0 aliphatic rings. The molecule has 0 radical (unpaired) electrons. The van der Waals surface area contributed by atoms with Gasteiger partial charge in [0.2, 0.25) is 0 Å². The maximum Gasteiger partial charge on any atom is 0.164 e. The first-order valence-electron chi connectivity index (χ1n) is 11.0. The van der Waals surface area contributed by atoms with Crippen LogP contribution < -0.4 is 5.73 Å². The van der Waals surface area contributed by atoms with Gasteiger partial charge in [0.1, 0.15) is 23.6 Å². The zero-order chi connectivity index (χ0) is 23.5. The Morgan fingerprint density at radius 2 is 1.79 bits per heavy atom. The number of nitrogen functional groups attached to an aromatic ring is 1. The molecule has 0 amide bonds. The van der Waals surface area contributed by atoms with Crippen LogP contribution >= 0.6 is 0 Å². The molecule has 6 heteroatoms. The largest absolute Gasteiger partial charge is 0.383 e. The van der Waals surface area contributed by atoms with Gasteiger partial charge in [-0.2, -0.15) is 5.10 Å². The molecule has 0 saturated carbocycles. The molecule has 33 heavy (non-hydrogen) atoms. The lowest BCUT2D eigenvalue weighted by Crippen LogP contribution is -2.07. The first kappa shape index (κ1) is 22.2. The Morgan fingerprint density at radius 3 is 2.52 bits per heavy atom. The van der Waals surface area contributed by atoms with E-state index in [-0.39, 0.29) is 11.8 Å². The summed E-state index contributed by atoms with van der Waals surface area (Å²) in [6.07, 6.45) is 2.24. The monoisotopic (exact) mass is 437 g/mol. The van der Waals surface area contributed by atoms with E-state index in [1.54, 1.807) is 0 Å². The number of carbonyl (C=O) groups excluding carboxylic acids is 1. The fraction of sp³-hybridized carbons (Fsp3) is 0.259. The Kier molecular flexibility index (Phi) is 6.23. The van der Waals surface area contributed by atoms with Gasteiger partial charge in [-0.05, 0) is 56.4 Å². The lowest BCUT2D eigenvalue weighted by atomic mass is 9.98. The van der Waals surface area contributed by atoms with E-state index in [1.165, 1.54) is 6.33 Å². The minimum Gasteiger partial charge on any atom is -0.383 e. The number of Topliss-reactive ketones (excluding diaryl/α,β-unsaturated/α-hetero) is 1. The predicted molar refractivity (Wildman–Crippen MR) is 131 cm³/mol. The summed E-state index contributed by atoms with van der Waals surface area (Å²) < 4.78 is 1.81. The van der Waals surface area contributed by atoms with Crippen molar-refractivity contribution in [1.29, 1.82) is 0 Å². The van der Waals surface area contributed by atoms with Gasteiger partial charge in [-0.3, -0.25) is 4.79 Å². The van der Waals surface area contributed by atoms with E-state index in [0.29, 0.717) is 35.4 Å². The topological polar surface area (TPSA) is 86.7 Å². The number of hydrogen-bond donors (Lipinski definition) is 1. The number of benzene rings is 2. The van der Waals surface area contributed by atoms with Crippen LogP contribution in [0.3, 0.4) is 0 Å². The van der Waals surface area contributed by atoms with Crippen molar-refractivity contribution in [2.24, 2.45) is 0 Å². The van der Waals surface area contributed by atoms with E-state index in [0.717, 1.165) is 27.8 Å². The minimum absolute atomic E-state index is 0.113. The molecule has 0 aliphatic heterocycles. The number of hydrogen-bond acceptors (Lipinski definition) is 5. The van der Waals surface area contributed by atoms with Gasteiger partial charge < -0.3 is 5.73 Å². The van der Waals surface area contributed by atoms with Gasteiger partial charge in [0.25, 0.3) is 0 Å².